The first-order valence-corrected chi connectivity index (χ1v) is 7.33. The number of hydrogen-bond donors (Lipinski definition) is 1. The summed E-state index contributed by atoms with van der Waals surface area (Å²) in [5.74, 6) is -0.577. The molecule has 1 aliphatic heterocycles. The van der Waals surface area contributed by atoms with Crippen molar-refractivity contribution in [3.05, 3.63) is 34.0 Å². The van der Waals surface area contributed by atoms with E-state index in [1.165, 1.54) is 0 Å². The minimum atomic E-state index is -4.46. The summed E-state index contributed by atoms with van der Waals surface area (Å²) in [6.07, 6.45) is -4.46. The standard InChI is InChI=1S/C12H14F3N5S/c13-12(14,15)11-18-17-10-7-19(3-4-20(10)11)6-8(16)9-2-1-5-21-9/h1-2,5,8H,3-4,6-7,16H2. The van der Waals surface area contributed by atoms with Crippen LogP contribution in [0.3, 0.4) is 0 Å². The van der Waals surface area contributed by atoms with E-state index in [-0.39, 0.29) is 12.6 Å². The zero-order chi connectivity index (χ0) is 15.0. The maximum Gasteiger partial charge on any atom is 0.451 e. The second-order valence-corrected chi connectivity index (χ2v) is 5.93. The third-order valence-corrected chi connectivity index (χ3v) is 4.45. The fraction of sp³-hybridized carbons (Fsp3) is 0.500. The number of hydrogen-bond acceptors (Lipinski definition) is 5. The second-order valence-electron chi connectivity index (χ2n) is 4.95. The van der Waals surface area contributed by atoms with Gasteiger partial charge in [-0.3, -0.25) is 4.90 Å². The summed E-state index contributed by atoms with van der Waals surface area (Å²) in [6.45, 7) is 1.67. The first-order valence-electron chi connectivity index (χ1n) is 6.46. The molecule has 1 atom stereocenters. The van der Waals surface area contributed by atoms with Crippen molar-refractivity contribution in [1.82, 2.24) is 19.7 Å². The number of alkyl halides is 3. The summed E-state index contributed by atoms with van der Waals surface area (Å²) in [7, 11) is 0. The van der Waals surface area contributed by atoms with Gasteiger partial charge in [-0.05, 0) is 11.4 Å². The van der Waals surface area contributed by atoms with Gasteiger partial charge in [-0.15, -0.1) is 21.5 Å². The van der Waals surface area contributed by atoms with Crippen molar-refractivity contribution in [1.29, 1.82) is 0 Å². The van der Waals surface area contributed by atoms with Gasteiger partial charge in [-0.25, -0.2) is 0 Å². The molecular formula is C12H14F3N5S. The monoisotopic (exact) mass is 317 g/mol. The molecule has 0 saturated heterocycles. The van der Waals surface area contributed by atoms with E-state index in [4.69, 9.17) is 5.73 Å². The lowest BCUT2D eigenvalue weighted by atomic mass is 10.2. The van der Waals surface area contributed by atoms with Gasteiger partial charge in [0.05, 0.1) is 12.6 Å². The van der Waals surface area contributed by atoms with Crippen LogP contribution in [0.25, 0.3) is 0 Å². The van der Waals surface area contributed by atoms with E-state index in [2.05, 4.69) is 10.2 Å². The Labute approximate surface area is 123 Å². The molecule has 0 saturated carbocycles. The van der Waals surface area contributed by atoms with Crippen molar-refractivity contribution in [3.63, 3.8) is 0 Å². The normalized spacial score (nSPS) is 17.7. The number of aromatic nitrogens is 3. The van der Waals surface area contributed by atoms with E-state index in [1.54, 1.807) is 11.3 Å². The molecule has 3 heterocycles. The lowest BCUT2D eigenvalue weighted by Gasteiger charge is -2.29. The summed E-state index contributed by atoms with van der Waals surface area (Å²) < 4.78 is 39.4. The number of thiophene rings is 1. The SMILES string of the molecule is NC(CN1CCn2c(nnc2C(F)(F)F)C1)c1cccs1. The highest BCUT2D eigenvalue weighted by Crippen LogP contribution is 2.29. The number of rotatable bonds is 3. The molecule has 0 fully saturated rings. The van der Waals surface area contributed by atoms with Crippen molar-refractivity contribution in [3.8, 4) is 0 Å². The molecule has 0 radical (unpaired) electrons. The van der Waals surface area contributed by atoms with E-state index < -0.39 is 12.0 Å². The molecule has 0 spiro atoms. The molecule has 0 bridgehead atoms. The first-order chi connectivity index (χ1) is 9.95. The van der Waals surface area contributed by atoms with E-state index in [1.807, 2.05) is 22.4 Å². The van der Waals surface area contributed by atoms with Crippen LogP contribution in [0.5, 0.6) is 0 Å². The van der Waals surface area contributed by atoms with Crippen LogP contribution >= 0.6 is 11.3 Å². The van der Waals surface area contributed by atoms with Gasteiger partial charge in [-0.1, -0.05) is 6.07 Å². The fourth-order valence-corrected chi connectivity index (χ4v) is 3.16. The van der Waals surface area contributed by atoms with Crippen LogP contribution in [0.15, 0.2) is 17.5 Å². The smallest absolute Gasteiger partial charge is 0.322 e. The molecule has 3 rings (SSSR count). The third-order valence-electron chi connectivity index (χ3n) is 3.45. The molecule has 2 aromatic heterocycles. The summed E-state index contributed by atoms with van der Waals surface area (Å²) in [5.41, 5.74) is 6.11. The van der Waals surface area contributed by atoms with Crippen LogP contribution in [0.4, 0.5) is 13.2 Å². The minimum absolute atomic E-state index is 0.137. The van der Waals surface area contributed by atoms with Crippen LogP contribution in [0, 0.1) is 0 Å². The van der Waals surface area contributed by atoms with Gasteiger partial charge in [-0.2, -0.15) is 13.2 Å². The Balaban J connectivity index is 1.70. The lowest BCUT2D eigenvalue weighted by molar-refractivity contribution is -0.148. The van der Waals surface area contributed by atoms with E-state index in [0.29, 0.717) is 25.5 Å². The Morgan fingerprint density at radius 3 is 2.81 bits per heavy atom. The quantitative estimate of drug-likeness (QED) is 0.939. The molecule has 9 heteroatoms. The third kappa shape index (κ3) is 2.94. The topological polar surface area (TPSA) is 60.0 Å². The molecule has 0 amide bonds. The van der Waals surface area contributed by atoms with Crippen LogP contribution in [0.2, 0.25) is 0 Å². The van der Waals surface area contributed by atoms with Gasteiger partial charge in [0, 0.05) is 24.5 Å². The molecule has 2 aromatic rings. The van der Waals surface area contributed by atoms with Gasteiger partial charge in [0.2, 0.25) is 5.82 Å². The average molecular weight is 317 g/mol. The molecular weight excluding hydrogens is 303 g/mol. The number of nitrogens with two attached hydrogens (primary N) is 1. The van der Waals surface area contributed by atoms with Crippen LogP contribution in [0.1, 0.15) is 22.6 Å². The van der Waals surface area contributed by atoms with Crippen molar-refractivity contribution in [2.24, 2.45) is 5.73 Å². The highest BCUT2D eigenvalue weighted by Gasteiger charge is 2.39. The Kier molecular flexibility index (Phi) is 3.72. The summed E-state index contributed by atoms with van der Waals surface area (Å²) >= 11 is 1.58. The van der Waals surface area contributed by atoms with E-state index in [9.17, 15) is 13.2 Å². The Hall–Kier alpha value is -1.45. The molecule has 2 N–H and O–H groups in total. The van der Waals surface area contributed by atoms with Gasteiger partial charge in [0.15, 0.2) is 0 Å². The van der Waals surface area contributed by atoms with Crippen molar-refractivity contribution < 1.29 is 13.2 Å². The zero-order valence-electron chi connectivity index (χ0n) is 11.0. The highest BCUT2D eigenvalue weighted by atomic mass is 32.1. The Morgan fingerprint density at radius 1 is 1.33 bits per heavy atom. The fourth-order valence-electron chi connectivity index (χ4n) is 2.44. The number of nitrogens with zero attached hydrogens (tertiary/aromatic N) is 4. The molecule has 21 heavy (non-hydrogen) atoms. The first kappa shape index (κ1) is 14.5. The molecule has 114 valence electrons. The van der Waals surface area contributed by atoms with Gasteiger partial charge < -0.3 is 10.3 Å². The molecule has 0 aromatic carbocycles. The zero-order valence-corrected chi connectivity index (χ0v) is 11.9. The maximum absolute atomic E-state index is 12.7. The van der Waals surface area contributed by atoms with E-state index >= 15 is 0 Å². The molecule has 1 unspecified atom stereocenters. The van der Waals surface area contributed by atoms with Crippen molar-refractivity contribution in [2.45, 2.75) is 25.3 Å². The van der Waals surface area contributed by atoms with Crippen LogP contribution in [-0.2, 0) is 19.3 Å². The Morgan fingerprint density at radius 2 is 2.14 bits per heavy atom. The lowest BCUT2D eigenvalue weighted by Crippen LogP contribution is -2.39. The molecule has 0 aliphatic carbocycles. The number of fused-ring (bicyclic) bond motifs is 1. The summed E-state index contributed by atoms with van der Waals surface area (Å²) in [6, 6.07) is 3.76. The summed E-state index contributed by atoms with van der Waals surface area (Å²) in [5, 5.41) is 8.88. The van der Waals surface area contributed by atoms with Gasteiger partial charge in [0.1, 0.15) is 5.82 Å². The van der Waals surface area contributed by atoms with Crippen LogP contribution in [-0.4, -0.2) is 32.8 Å². The average Bonchev–Trinajstić information content (AvgIpc) is 3.06. The van der Waals surface area contributed by atoms with Gasteiger partial charge in [0.25, 0.3) is 0 Å². The Bertz CT molecular complexity index is 607. The predicted octanol–water partition coefficient (Wildman–Crippen LogP) is 1.87. The van der Waals surface area contributed by atoms with Gasteiger partial charge >= 0.3 is 6.18 Å². The molecule has 1 aliphatic rings. The largest absolute Gasteiger partial charge is 0.451 e. The van der Waals surface area contributed by atoms with Crippen molar-refractivity contribution >= 4 is 11.3 Å². The number of halogens is 3. The molecule has 5 nitrogen and oxygen atoms in total. The second kappa shape index (κ2) is 5.39. The van der Waals surface area contributed by atoms with Crippen LogP contribution < -0.4 is 5.73 Å². The summed E-state index contributed by atoms with van der Waals surface area (Å²) in [4.78, 5) is 3.08. The predicted molar refractivity (Wildman–Crippen MR) is 71.5 cm³/mol. The minimum Gasteiger partial charge on any atom is -0.322 e. The maximum atomic E-state index is 12.7. The highest BCUT2D eigenvalue weighted by molar-refractivity contribution is 7.10. The van der Waals surface area contributed by atoms with E-state index in [0.717, 1.165) is 9.44 Å². The van der Waals surface area contributed by atoms with Crippen molar-refractivity contribution in [2.75, 3.05) is 13.1 Å².